The molecule has 0 saturated heterocycles. The van der Waals surface area contributed by atoms with Crippen LogP contribution in [0.15, 0.2) is 221 Å². The quantitative estimate of drug-likeness (QED) is 0.112. The first-order valence-electron chi connectivity index (χ1n) is 40.6. The molecule has 0 spiro atoms. The molecule has 14 aromatic rings. The normalized spacial score (nSPS) is 13.4. The van der Waals surface area contributed by atoms with Gasteiger partial charge in [0.15, 0.2) is 0 Å². The van der Waals surface area contributed by atoms with Crippen molar-refractivity contribution in [3.8, 4) is 0 Å². The highest BCUT2D eigenvalue weighted by Gasteiger charge is 2.49. The number of hydrogen-bond acceptors (Lipinski definition) is 8. The molecule has 10 aromatic carbocycles. The number of hydrogen-bond donors (Lipinski definition) is 0. The van der Waals surface area contributed by atoms with Crippen LogP contribution in [0.25, 0.3) is 42.1 Å². The van der Waals surface area contributed by atoms with Crippen molar-refractivity contribution < 1.29 is 8.83 Å². The molecule has 0 radical (unpaired) electrons. The monoisotopic (exact) mass is 1890 g/mol. The lowest BCUT2D eigenvalue weighted by Crippen LogP contribution is -2.60. The fraction of sp³-hybridized carbons (Fsp3) is 0.333. The summed E-state index contributed by atoms with van der Waals surface area (Å²) >= 11 is 10.7. The highest BCUT2D eigenvalue weighted by atomic mass is 127. The molecule has 0 atom stereocenters. The largest absolute Gasteiger partial charge is 0.468 e. The summed E-state index contributed by atoms with van der Waals surface area (Å²) in [7, 11) is 0. The van der Waals surface area contributed by atoms with Gasteiger partial charge in [0.05, 0.1) is 22.7 Å². The lowest BCUT2D eigenvalue weighted by Gasteiger charge is -2.42. The molecule has 6 heterocycles. The number of anilines is 12. The third-order valence-electron chi connectivity index (χ3n) is 23.0. The Kier molecular flexibility index (Phi) is 22.6. The van der Waals surface area contributed by atoms with Crippen molar-refractivity contribution in [1.29, 1.82) is 0 Å². The van der Waals surface area contributed by atoms with Crippen molar-refractivity contribution in [3.63, 3.8) is 0 Å². The van der Waals surface area contributed by atoms with E-state index in [9.17, 15) is 0 Å². The summed E-state index contributed by atoms with van der Waals surface area (Å²) in [5, 5.41) is 7.17. The highest BCUT2D eigenvalue weighted by molar-refractivity contribution is 14.4. The summed E-state index contributed by atoms with van der Waals surface area (Å²) < 4.78 is 18.2. The summed E-state index contributed by atoms with van der Waals surface area (Å²) in [6.45, 7) is 59.3. The van der Waals surface area contributed by atoms with Crippen LogP contribution in [0.5, 0.6) is 0 Å². The standard InChI is InChI=1S/C51H55BN2OS.C51H58N2OS.BI3/c1-30-26-39-43-40(27-30)54(36-22-16-32(17-23-36)49(5,6)7)45-38-29-34(51(11,12)13)19-25-42(38)56-47(45)52(43)46-44(37-28-33(50(8,9)10)18-24-41(37)55-46)53(39)35-20-14-31(15-21-35)48(2,3)4;1-33-26-40(52(38-20-14-34(15-21-38)48(2,3)4)44-31-54-46-24-18-36(28-42(44)46)50(8,9)10)30-41(27-33)53(39-22-16-35(17-23-39)49(5,6)7)45-32-55-47-25-19-37(29-43(45)47)51(11,12)13;2-1(3)4/h14-29H,1-13H3;14-32H,1-13H3;. The second kappa shape index (κ2) is 30.8. The van der Waals surface area contributed by atoms with Gasteiger partial charge in [-0.05, 0) is 246 Å². The van der Waals surface area contributed by atoms with Gasteiger partial charge >= 0.3 is 6.99 Å². The molecule has 2 aliphatic heterocycles. The molecule has 16 rings (SSSR count). The SMILES string of the molecule is Cc1cc(N(c2ccc(C(C)(C)C)cc2)c2coc3ccc(C(C)(C)C)cc23)cc(N(c2ccc(C(C)(C)C)cc2)c2csc3ccc(C(C)(C)C)cc23)c1.Cc1cc2c3c(c1)N(c1ccc(C(C)(C)C)cc1)c1c(sc4ccc(C(C)(C)C)cc14)B3c1oc3ccc(C(C)(C)C)cc3c1N2c1ccc(C(C)(C)C)cc1.IB(I)I. The minimum Gasteiger partial charge on any atom is -0.468 e. The Hall–Kier alpha value is -7.28. The number of fused-ring (bicyclic) bond motifs is 10. The van der Waals surface area contributed by atoms with E-state index in [2.05, 4.69) is 472 Å². The Morgan fingerprint density at radius 1 is 0.348 bits per heavy atom. The van der Waals surface area contributed by atoms with E-state index in [0.29, 0.717) is 0 Å². The molecular formula is C102H113B2I3N4O2S2. The summed E-state index contributed by atoms with van der Waals surface area (Å²) in [4.78, 5) is 9.92. The summed E-state index contributed by atoms with van der Waals surface area (Å²) in [6.07, 6.45) is 1.93. The third-order valence-corrected chi connectivity index (χ3v) is 25.2. The lowest BCUT2D eigenvalue weighted by atomic mass is 9.38. The second-order valence-corrected chi connectivity index (χ2v) is 53.1. The third kappa shape index (κ3) is 17.0. The van der Waals surface area contributed by atoms with Crippen LogP contribution >= 0.6 is 89.8 Å². The molecule has 0 amide bonds. The van der Waals surface area contributed by atoms with E-state index in [1.807, 2.05) is 28.9 Å². The Morgan fingerprint density at radius 2 is 0.704 bits per heavy atom. The minimum atomic E-state index is -0.0678. The number of aryl methyl sites for hydroxylation is 2. The van der Waals surface area contributed by atoms with Gasteiger partial charge in [-0.1, -0.05) is 239 Å². The zero-order valence-corrected chi connectivity index (χ0v) is 80.5. The van der Waals surface area contributed by atoms with Crippen LogP contribution in [-0.2, 0) is 43.3 Å². The van der Waals surface area contributed by atoms with Crippen LogP contribution < -0.4 is 35.5 Å². The summed E-state index contributed by atoms with van der Waals surface area (Å²) in [6, 6.07) is 76.3. The maximum absolute atomic E-state index is 7.24. The van der Waals surface area contributed by atoms with E-state index in [1.54, 1.807) is 0 Å². The van der Waals surface area contributed by atoms with Crippen molar-refractivity contribution in [2.75, 3.05) is 19.6 Å². The van der Waals surface area contributed by atoms with E-state index in [1.165, 1.54) is 120 Å². The van der Waals surface area contributed by atoms with Crippen molar-refractivity contribution in [2.24, 2.45) is 0 Å². The Bertz CT molecular complexity index is 5610. The molecule has 592 valence electrons. The number of benzene rings is 10. The first kappa shape index (κ1) is 84.2. The van der Waals surface area contributed by atoms with Crippen molar-refractivity contribution in [2.45, 2.75) is 223 Å². The molecule has 0 unspecified atom stereocenters. The molecule has 0 N–H and O–H groups in total. The molecule has 4 aromatic heterocycles. The van der Waals surface area contributed by atoms with Gasteiger partial charge in [-0.15, -0.1) is 89.8 Å². The lowest BCUT2D eigenvalue weighted by molar-refractivity contribution is 0.589. The molecule has 0 saturated carbocycles. The molecule has 0 bridgehead atoms. The van der Waals surface area contributed by atoms with Crippen LogP contribution in [-0.4, -0.2) is 6.99 Å². The van der Waals surface area contributed by atoms with Gasteiger partial charge in [0.2, 0.25) is 0 Å². The maximum Gasteiger partial charge on any atom is 0.355 e. The van der Waals surface area contributed by atoms with Crippen molar-refractivity contribution in [3.05, 3.63) is 267 Å². The Morgan fingerprint density at radius 3 is 1.15 bits per heavy atom. The molecule has 0 aliphatic carbocycles. The summed E-state index contributed by atoms with van der Waals surface area (Å²) in [5.74, 6) is 0. The van der Waals surface area contributed by atoms with Gasteiger partial charge in [0.25, 0.3) is 0 Å². The number of nitrogens with zero attached hydrogens (tertiary/aromatic N) is 4. The molecule has 0 fully saturated rings. The van der Waals surface area contributed by atoms with E-state index < -0.39 is 0 Å². The molecule has 2 aliphatic rings. The van der Waals surface area contributed by atoms with E-state index in [4.69, 9.17) is 8.83 Å². The second-order valence-electron chi connectivity index (χ2n) is 40.2. The zero-order valence-electron chi connectivity index (χ0n) is 72.4. The van der Waals surface area contributed by atoms with Gasteiger partial charge in [-0.25, -0.2) is 0 Å². The van der Waals surface area contributed by atoms with Crippen LogP contribution in [0.4, 0.5) is 68.2 Å². The van der Waals surface area contributed by atoms with Gasteiger partial charge in [0.1, 0.15) is 23.1 Å². The Labute approximate surface area is 735 Å². The van der Waals surface area contributed by atoms with E-state index >= 15 is 0 Å². The van der Waals surface area contributed by atoms with Crippen molar-refractivity contribution in [1.82, 2.24) is 0 Å². The predicted octanol–water partition coefficient (Wildman–Crippen LogP) is 31.6. The average molecular weight is 1890 g/mol. The highest BCUT2D eigenvalue weighted by Crippen LogP contribution is 2.53. The van der Waals surface area contributed by atoms with Crippen LogP contribution in [0.1, 0.15) is 222 Å². The van der Waals surface area contributed by atoms with Crippen LogP contribution in [0.2, 0.25) is 0 Å². The smallest absolute Gasteiger partial charge is 0.355 e. The minimum absolute atomic E-state index is 0.00236. The average Bonchev–Trinajstić information content (AvgIpc) is 1.56. The van der Waals surface area contributed by atoms with Gasteiger partial charge in [-0.3, -0.25) is 0 Å². The number of furan rings is 2. The molecule has 6 nitrogen and oxygen atoms in total. The number of rotatable bonds is 8. The number of thiophene rings is 2. The van der Waals surface area contributed by atoms with Crippen LogP contribution in [0.3, 0.4) is 0 Å². The summed E-state index contributed by atoms with van der Waals surface area (Å²) in [5.41, 5.74) is 31.2. The van der Waals surface area contributed by atoms with Crippen molar-refractivity contribution >= 4 is 223 Å². The zero-order chi connectivity index (χ0) is 83.1. The Balaban J connectivity index is 0.000000182. The first-order valence-corrected chi connectivity index (χ1v) is 46.0. The van der Waals surface area contributed by atoms with Gasteiger partial charge < -0.3 is 28.4 Å². The van der Waals surface area contributed by atoms with Gasteiger partial charge in [0, 0.05) is 86.6 Å². The first-order chi connectivity index (χ1) is 53.6. The predicted molar refractivity (Wildman–Crippen MR) is 533 cm³/mol. The number of halogens is 3. The van der Waals surface area contributed by atoms with Crippen LogP contribution in [0, 0.1) is 13.8 Å². The fourth-order valence-corrected chi connectivity index (χ4v) is 18.4. The molecular weight excluding hydrogens is 1780 g/mol. The fourth-order valence-electron chi connectivity index (χ4n) is 16.2. The van der Waals surface area contributed by atoms with E-state index in [-0.39, 0.29) is 50.0 Å². The molecule has 115 heavy (non-hydrogen) atoms. The molecule has 13 heteroatoms. The van der Waals surface area contributed by atoms with E-state index in [0.717, 1.165) is 62.3 Å². The van der Waals surface area contributed by atoms with Gasteiger partial charge in [-0.2, -0.15) is 0 Å². The maximum atomic E-state index is 7.24. The topological polar surface area (TPSA) is 39.2 Å².